The van der Waals surface area contributed by atoms with Crippen LogP contribution in [-0.2, 0) is 0 Å². The molecule has 18 heavy (non-hydrogen) atoms. The molecule has 5 heteroatoms. The second-order valence-corrected chi connectivity index (χ2v) is 4.52. The number of H-pyrrole nitrogens is 1. The Morgan fingerprint density at radius 1 is 1.56 bits per heavy atom. The molecule has 0 bridgehead atoms. The van der Waals surface area contributed by atoms with Gasteiger partial charge in [0.05, 0.1) is 0 Å². The van der Waals surface area contributed by atoms with Crippen molar-refractivity contribution in [3.8, 4) is 0 Å². The van der Waals surface area contributed by atoms with Crippen molar-refractivity contribution in [2.45, 2.75) is 32.6 Å². The highest BCUT2D eigenvalue weighted by Crippen LogP contribution is 2.19. The number of nitrogens with one attached hydrogen (secondary N) is 2. The van der Waals surface area contributed by atoms with Crippen molar-refractivity contribution in [2.75, 3.05) is 6.54 Å². The molecule has 96 valence electrons. The number of rotatable bonds is 4. The minimum absolute atomic E-state index is 0.177. The third-order valence-electron chi connectivity index (χ3n) is 2.98. The van der Waals surface area contributed by atoms with E-state index in [1.165, 1.54) is 12.0 Å². The first-order valence-corrected chi connectivity index (χ1v) is 6.19. The van der Waals surface area contributed by atoms with E-state index in [1.54, 1.807) is 13.0 Å². The molecule has 0 atom stereocenters. The molecule has 2 rings (SSSR count). The Hall–Kier alpha value is -1.91. The summed E-state index contributed by atoms with van der Waals surface area (Å²) in [6.45, 7) is 2.32. The van der Waals surface area contributed by atoms with Gasteiger partial charge in [0.1, 0.15) is 5.69 Å². The van der Waals surface area contributed by atoms with Crippen molar-refractivity contribution < 1.29 is 4.79 Å². The molecule has 1 aliphatic rings. The molecule has 1 amide bonds. The molecule has 0 unspecified atom stereocenters. The maximum Gasteiger partial charge on any atom is 0.345 e. The number of allylic oxidation sites excluding steroid dienone is 1. The fraction of sp³-hybridized carbons (Fsp3) is 0.462. The van der Waals surface area contributed by atoms with Crippen molar-refractivity contribution in [3.63, 3.8) is 0 Å². The molecule has 1 heterocycles. The van der Waals surface area contributed by atoms with Crippen LogP contribution < -0.4 is 11.0 Å². The second-order valence-electron chi connectivity index (χ2n) is 4.52. The van der Waals surface area contributed by atoms with Gasteiger partial charge in [0, 0.05) is 12.2 Å². The van der Waals surface area contributed by atoms with Crippen molar-refractivity contribution in [3.05, 3.63) is 39.6 Å². The van der Waals surface area contributed by atoms with Crippen LogP contribution in [0.3, 0.4) is 0 Å². The summed E-state index contributed by atoms with van der Waals surface area (Å²) in [6.07, 6.45) is 6.63. The molecule has 0 radical (unpaired) electrons. The molecule has 0 aliphatic heterocycles. The van der Waals surface area contributed by atoms with E-state index >= 15 is 0 Å². The molecule has 2 N–H and O–H groups in total. The normalized spacial score (nSPS) is 14.4. The Morgan fingerprint density at radius 3 is 3.06 bits per heavy atom. The maximum atomic E-state index is 11.8. The van der Waals surface area contributed by atoms with Crippen LogP contribution in [0.25, 0.3) is 0 Å². The number of hydrogen-bond acceptors (Lipinski definition) is 3. The predicted molar refractivity (Wildman–Crippen MR) is 68.5 cm³/mol. The Morgan fingerprint density at radius 2 is 2.39 bits per heavy atom. The zero-order chi connectivity index (χ0) is 13.0. The lowest BCUT2D eigenvalue weighted by Crippen LogP contribution is -2.28. The number of carbonyl (C=O) groups excluding carboxylic acids is 1. The van der Waals surface area contributed by atoms with Crippen molar-refractivity contribution in [1.29, 1.82) is 0 Å². The number of carbonyl (C=O) groups is 1. The number of aryl methyl sites for hydroxylation is 1. The van der Waals surface area contributed by atoms with Crippen LogP contribution in [-0.4, -0.2) is 22.4 Å². The first kappa shape index (κ1) is 12.5. The zero-order valence-corrected chi connectivity index (χ0v) is 10.5. The summed E-state index contributed by atoms with van der Waals surface area (Å²) in [5, 5.41) is 2.79. The van der Waals surface area contributed by atoms with Crippen LogP contribution in [0.2, 0.25) is 0 Å². The summed E-state index contributed by atoms with van der Waals surface area (Å²) in [5.74, 6) is -0.289. The van der Waals surface area contributed by atoms with Crippen molar-refractivity contribution in [2.24, 2.45) is 0 Å². The number of aromatic amines is 1. The van der Waals surface area contributed by atoms with Crippen molar-refractivity contribution >= 4 is 5.91 Å². The SMILES string of the molecule is Cc1cc(C(=O)NCCC2=CCCC2)nc(=O)[nH]1. The van der Waals surface area contributed by atoms with Gasteiger partial charge in [-0.2, -0.15) is 4.98 Å². The standard InChI is InChI=1S/C13H17N3O2/c1-9-8-11(16-13(18)15-9)12(17)14-7-6-10-4-2-3-5-10/h4,8H,2-3,5-7H2,1H3,(H,14,17)(H,15,16,18). The van der Waals surface area contributed by atoms with E-state index in [9.17, 15) is 9.59 Å². The first-order valence-electron chi connectivity index (χ1n) is 6.19. The minimum atomic E-state index is -0.487. The average Bonchev–Trinajstić information content (AvgIpc) is 2.80. The van der Waals surface area contributed by atoms with Gasteiger partial charge in [-0.3, -0.25) is 4.79 Å². The Bertz CT molecular complexity index is 531. The molecule has 5 nitrogen and oxygen atoms in total. The molecule has 0 saturated heterocycles. The van der Waals surface area contributed by atoms with Gasteiger partial charge in [0.25, 0.3) is 5.91 Å². The van der Waals surface area contributed by atoms with E-state index in [4.69, 9.17) is 0 Å². The highest BCUT2D eigenvalue weighted by molar-refractivity contribution is 5.92. The van der Waals surface area contributed by atoms with E-state index in [1.807, 2.05) is 0 Å². The van der Waals surface area contributed by atoms with Gasteiger partial charge in [-0.05, 0) is 38.7 Å². The molecule has 0 saturated carbocycles. The van der Waals surface area contributed by atoms with Gasteiger partial charge < -0.3 is 10.3 Å². The number of amides is 1. The summed E-state index contributed by atoms with van der Waals surface area (Å²) in [6, 6.07) is 1.57. The molecular weight excluding hydrogens is 230 g/mol. The largest absolute Gasteiger partial charge is 0.350 e. The quantitative estimate of drug-likeness (QED) is 0.788. The second kappa shape index (κ2) is 5.62. The first-order chi connectivity index (χ1) is 8.65. The third-order valence-corrected chi connectivity index (χ3v) is 2.98. The van der Waals surface area contributed by atoms with Gasteiger partial charge in [-0.1, -0.05) is 11.6 Å². The lowest BCUT2D eigenvalue weighted by molar-refractivity contribution is 0.0948. The van der Waals surface area contributed by atoms with Crippen LogP contribution in [0, 0.1) is 6.92 Å². The highest BCUT2D eigenvalue weighted by Gasteiger charge is 2.09. The fourth-order valence-electron chi connectivity index (χ4n) is 2.09. The molecular formula is C13H17N3O2. The van der Waals surface area contributed by atoms with Crippen LogP contribution in [0.5, 0.6) is 0 Å². The van der Waals surface area contributed by atoms with Crippen LogP contribution in [0.1, 0.15) is 41.9 Å². The Kier molecular flexibility index (Phi) is 3.92. The number of nitrogens with zero attached hydrogens (tertiary/aromatic N) is 1. The van der Waals surface area contributed by atoms with Gasteiger partial charge in [-0.25, -0.2) is 4.79 Å². The van der Waals surface area contributed by atoms with E-state index in [0.717, 1.165) is 19.3 Å². The molecule has 1 aromatic heterocycles. The van der Waals surface area contributed by atoms with E-state index in [-0.39, 0.29) is 11.6 Å². The van der Waals surface area contributed by atoms with Gasteiger partial charge in [0.2, 0.25) is 0 Å². The minimum Gasteiger partial charge on any atom is -0.350 e. The Balaban J connectivity index is 1.89. The fourth-order valence-corrected chi connectivity index (χ4v) is 2.09. The smallest absolute Gasteiger partial charge is 0.345 e. The average molecular weight is 247 g/mol. The van der Waals surface area contributed by atoms with Gasteiger partial charge in [-0.15, -0.1) is 0 Å². The summed E-state index contributed by atoms with van der Waals surface area (Å²) in [7, 11) is 0. The van der Waals surface area contributed by atoms with Gasteiger partial charge >= 0.3 is 5.69 Å². The van der Waals surface area contributed by atoms with Crippen molar-refractivity contribution in [1.82, 2.24) is 15.3 Å². The Labute approximate surface area is 105 Å². The monoisotopic (exact) mass is 247 g/mol. The topological polar surface area (TPSA) is 74.8 Å². The molecule has 0 aromatic carbocycles. The van der Waals surface area contributed by atoms with E-state index in [2.05, 4.69) is 21.4 Å². The van der Waals surface area contributed by atoms with Crippen LogP contribution >= 0.6 is 0 Å². The molecule has 0 fully saturated rings. The molecule has 1 aliphatic carbocycles. The molecule has 1 aromatic rings. The maximum absolute atomic E-state index is 11.8. The number of hydrogen-bond donors (Lipinski definition) is 2. The lowest BCUT2D eigenvalue weighted by atomic mass is 10.1. The highest BCUT2D eigenvalue weighted by atomic mass is 16.2. The summed E-state index contributed by atoms with van der Waals surface area (Å²) in [4.78, 5) is 29.1. The predicted octanol–water partition coefficient (Wildman–Crippen LogP) is 1.31. The van der Waals surface area contributed by atoms with Crippen LogP contribution in [0.4, 0.5) is 0 Å². The van der Waals surface area contributed by atoms with Crippen LogP contribution in [0.15, 0.2) is 22.5 Å². The summed E-state index contributed by atoms with van der Waals surface area (Å²) in [5.41, 5.74) is 1.74. The molecule has 0 spiro atoms. The van der Waals surface area contributed by atoms with E-state index < -0.39 is 5.69 Å². The summed E-state index contributed by atoms with van der Waals surface area (Å²) < 4.78 is 0. The zero-order valence-electron chi connectivity index (χ0n) is 10.5. The number of aromatic nitrogens is 2. The summed E-state index contributed by atoms with van der Waals surface area (Å²) >= 11 is 0. The third kappa shape index (κ3) is 3.29. The van der Waals surface area contributed by atoms with E-state index in [0.29, 0.717) is 12.2 Å². The lowest BCUT2D eigenvalue weighted by Gasteiger charge is -2.05. The van der Waals surface area contributed by atoms with Gasteiger partial charge in [0.15, 0.2) is 0 Å².